The third-order valence-corrected chi connectivity index (χ3v) is 5.89. The maximum atomic E-state index is 13.3. The van der Waals surface area contributed by atoms with Crippen LogP contribution < -0.4 is 10.1 Å². The molecule has 0 saturated carbocycles. The second kappa shape index (κ2) is 8.51. The summed E-state index contributed by atoms with van der Waals surface area (Å²) in [6.07, 6.45) is 0.565. The number of carbonyl (C=O) groups is 3. The Bertz CT molecular complexity index is 1110. The maximum Gasteiger partial charge on any atom is 0.501 e. The lowest BCUT2D eigenvalue weighted by molar-refractivity contribution is -0.428. The van der Waals surface area contributed by atoms with E-state index in [-0.39, 0.29) is 19.0 Å². The number of hydrogen-bond acceptors (Lipinski definition) is 4. The lowest BCUT2D eigenvalue weighted by Crippen LogP contribution is -2.58. The van der Waals surface area contributed by atoms with Crippen LogP contribution in [0.3, 0.4) is 0 Å². The van der Waals surface area contributed by atoms with E-state index in [1.807, 2.05) is 13.0 Å². The highest BCUT2D eigenvalue weighted by Crippen LogP contribution is 2.32. The van der Waals surface area contributed by atoms with Gasteiger partial charge in [0.25, 0.3) is 12.0 Å². The van der Waals surface area contributed by atoms with Crippen molar-refractivity contribution in [2.24, 2.45) is 0 Å². The van der Waals surface area contributed by atoms with Gasteiger partial charge in [-0.05, 0) is 43.2 Å². The number of para-hydroxylation sites is 1. The van der Waals surface area contributed by atoms with Gasteiger partial charge in [0, 0.05) is 10.7 Å². The molecule has 1 atom stereocenters. The van der Waals surface area contributed by atoms with E-state index in [2.05, 4.69) is 5.32 Å². The van der Waals surface area contributed by atoms with Crippen molar-refractivity contribution in [2.45, 2.75) is 32.8 Å². The number of urea groups is 1. The van der Waals surface area contributed by atoms with Gasteiger partial charge < -0.3 is 10.1 Å². The van der Waals surface area contributed by atoms with Gasteiger partial charge >= 0.3 is 11.9 Å². The molecule has 0 spiro atoms. The Balaban J connectivity index is 1.70. The molecule has 0 aliphatic carbocycles. The van der Waals surface area contributed by atoms with Crippen molar-refractivity contribution in [3.63, 3.8) is 0 Å². The molecule has 2 aliphatic heterocycles. The normalized spacial score (nSPS) is 17.4. The number of fused-ring (bicyclic) bond motifs is 3. The van der Waals surface area contributed by atoms with E-state index in [1.54, 1.807) is 43.3 Å². The largest absolute Gasteiger partial charge is 0.501 e. The van der Waals surface area contributed by atoms with Gasteiger partial charge in [0.05, 0.1) is 12.1 Å². The molecular weight excluding hydrogens is 418 g/mol. The van der Waals surface area contributed by atoms with Gasteiger partial charge in [0.2, 0.25) is 0 Å². The fourth-order valence-electron chi connectivity index (χ4n) is 3.79. The van der Waals surface area contributed by atoms with E-state index in [0.29, 0.717) is 34.2 Å². The number of unbranched alkanes of at least 4 members (excludes halogenated alkanes) is 1. The third kappa shape index (κ3) is 3.81. The third-order valence-electron chi connectivity index (χ3n) is 5.48. The summed E-state index contributed by atoms with van der Waals surface area (Å²) in [4.78, 5) is 40.3. The molecule has 1 N–H and O–H groups in total. The summed E-state index contributed by atoms with van der Waals surface area (Å²) >= 11 is 6.14. The monoisotopic (exact) mass is 440 g/mol. The molecular formula is C23H23ClN3O4+. The van der Waals surface area contributed by atoms with E-state index < -0.39 is 18.0 Å². The number of rotatable bonds is 6. The molecule has 0 radical (unpaired) electrons. The number of halogens is 1. The molecule has 4 rings (SSSR count). The van der Waals surface area contributed by atoms with Gasteiger partial charge in [-0.1, -0.05) is 43.1 Å². The first-order chi connectivity index (χ1) is 14.9. The zero-order valence-electron chi connectivity index (χ0n) is 17.4. The van der Waals surface area contributed by atoms with Crippen LogP contribution in [0.15, 0.2) is 42.5 Å². The quantitative estimate of drug-likeness (QED) is 0.696. The Morgan fingerprint density at radius 3 is 2.74 bits per heavy atom. The molecule has 31 heavy (non-hydrogen) atoms. The van der Waals surface area contributed by atoms with Crippen LogP contribution in [-0.4, -0.2) is 52.2 Å². The molecule has 8 heteroatoms. The zero-order valence-corrected chi connectivity index (χ0v) is 18.1. The summed E-state index contributed by atoms with van der Waals surface area (Å²) in [6, 6.07) is 11.9. The average Bonchev–Trinajstić information content (AvgIpc) is 3.14. The number of ether oxygens (including phenoxy) is 1. The molecule has 2 aromatic rings. The van der Waals surface area contributed by atoms with Gasteiger partial charge in [-0.3, -0.25) is 4.79 Å². The lowest BCUT2D eigenvalue weighted by atomic mass is 10.0. The van der Waals surface area contributed by atoms with E-state index in [1.165, 1.54) is 9.48 Å². The first-order valence-corrected chi connectivity index (χ1v) is 10.6. The van der Waals surface area contributed by atoms with Crippen LogP contribution in [0.5, 0.6) is 5.75 Å². The van der Waals surface area contributed by atoms with Crippen LogP contribution in [0.25, 0.3) is 0 Å². The molecule has 2 aromatic carbocycles. The number of imide groups is 1. The number of anilines is 1. The van der Waals surface area contributed by atoms with Crippen LogP contribution >= 0.6 is 11.6 Å². The highest BCUT2D eigenvalue weighted by Gasteiger charge is 2.53. The summed E-state index contributed by atoms with van der Waals surface area (Å²) < 4.78 is 7.23. The SMILES string of the molecule is CCCCN1C(=O)C2Oc3ccccc3C2=[N+](CC(=O)Nc2cccc(Cl)c2C)C1=O. The number of nitrogens with one attached hydrogen (secondary N) is 1. The number of benzene rings is 2. The van der Waals surface area contributed by atoms with Crippen LogP contribution in [0, 0.1) is 6.92 Å². The highest BCUT2D eigenvalue weighted by atomic mass is 35.5. The topological polar surface area (TPSA) is 78.7 Å². The Morgan fingerprint density at radius 1 is 1.19 bits per heavy atom. The van der Waals surface area contributed by atoms with E-state index in [4.69, 9.17) is 16.3 Å². The van der Waals surface area contributed by atoms with E-state index in [9.17, 15) is 14.4 Å². The summed E-state index contributed by atoms with van der Waals surface area (Å²) in [5, 5.41) is 3.35. The molecule has 1 unspecified atom stereocenters. The minimum atomic E-state index is -0.937. The molecule has 2 aliphatic rings. The first-order valence-electron chi connectivity index (χ1n) is 10.2. The van der Waals surface area contributed by atoms with Crippen molar-refractivity contribution in [3.05, 3.63) is 58.6 Å². The predicted octanol–water partition coefficient (Wildman–Crippen LogP) is 3.61. The molecule has 0 fully saturated rings. The van der Waals surface area contributed by atoms with Crippen LogP contribution in [0.2, 0.25) is 5.02 Å². The minimum absolute atomic E-state index is 0.246. The number of hydrogen-bond donors (Lipinski definition) is 1. The van der Waals surface area contributed by atoms with Crippen molar-refractivity contribution < 1.29 is 23.7 Å². The molecule has 0 aromatic heterocycles. The zero-order chi connectivity index (χ0) is 22.1. The maximum absolute atomic E-state index is 13.3. The van der Waals surface area contributed by atoms with Gasteiger partial charge in [0.15, 0.2) is 12.3 Å². The Labute approximate surface area is 185 Å². The van der Waals surface area contributed by atoms with Crippen LogP contribution in [0.4, 0.5) is 10.5 Å². The fourth-order valence-corrected chi connectivity index (χ4v) is 3.97. The van der Waals surface area contributed by atoms with Crippen molar-refractivity contribution in [2.75, 3.05) is 18.4 Å². The van der Waals surface area contributed by atoms with E-state index in [0.717, 1.165) is 12.0 Å². The Morgan fingerprint density at radius 2 is 1.97 bits per heavy atom. The van der Waals surface area contributed by atoms with Crippen molar-refractivity contribution >= 4 is 40.8 Å². The smallest absolute Gasteiger partial charge is 0.469 e. The molecule has 2 heterocycles. The van der Waals surface area contributed by atoms with Gasteiger partial charge in [-0.2, -0.15) is 14.3 Å². The average molecular weight is 441 g/mol. The summed E-state index contributed by atoms with van der Waals surface area (Å²) in [7, 11) is 0. The molecule has 0 saturated heterocycles. The van der Waals surface area contributed by atoms with E-state index >= 15 is 0 Å². The van der Waals surface area contributed by atoms with Crippen molar-refractivity contribution in [3.8, 4) is 5.75 Å². The second-order valence-corrected chi connectivity index (χ2v) is 7.96. The minimum Gasteiger partial charge on any atom is -0.469 e. The summed E-state index contributed by atoms with van der Waals surface area (Å²) in [5.74, 6) is -0.261. The second-order valence-electron chi connectivity index (χ2n) is 7.55. The highest BCUT2D eigenvalue weighted by molar-refractivity contribution is 6.31. The Kier molecular flexibility index (Phi) is 5.78. The van der Waals surface area contributed by atoms with Gasteiger partial charge in [-0.15, -0.1) is 0 Å². The molecule has 4 amide bonds. The first kappa shape index (κ1) is 21.1. The van der Waals surface area contributed by atoms with Crippen molar-refractivity contribution in [1.29, 1.82) is 0 Å². The summed E-state index contributed by atoms with van der Waals surface area (Å²) in [5.41, 5.74) is 2.38. The number of nitrogens with zero attached hydrogens (tertiary/aromatic N) is 2. The number of carbonyl (C=O) groups excluding carboxylic acids is 3. The lowest BCUT2D eigenvalue weighted by Gasteiger charge is -2.24. The fraction of sp³-hybridized carbons (Fsp3) is 0.304. The van der Waals surface area contributed by atoms with Gasteiger partial charge in [0.1, 0.15) is 5.75 Å². The Hall–Kier alpha value is -3.19. The molecule has 7 nitrogen and oxygen atoms in total. The number of amides is 4. The summed E-state index contributed by atoms with van der Waals surface area (Å²) in [6.45, 7) is 3.82. The standard InChI is InChI=1S/C23H22ClN3O4/c1-3-4-12-26-22(29)21-20(15-8-5-6-11-18(15)31-21)27(23(26)30)13-19(28)25-17-10-7-9-16(24)14(17)2/h5-11,21H,3-4,12-13H2,1-2H3/p+1. The molecule has 160 valence electrons. The van der Waals surface area contributed by atoms with Crippen molar-refractivity contribution in [1.82, 2.24) is 4.90 Å². The van der Waals surface area contributed by atoms with Gasteiger partial charge in [-0.25, -0.2) is 4.79 Å². The van der Waals surface area contributed by atoms with Crippen LogP contribution in [0.1, 0.15) is 30.9 Å². The predicted molar refractivity (Wildman–Crippen MR) is 117 cm³/mol. The van der Waals surface area contributed by atoms with Crippen LogP contribution in [-0.2, 0) is 9.59 Å². The molecule has 0 bridgehead atoms.